The number of benzene rings is 1. The minimum absolute atomic E-state index is 0.0136. The molecule has 0 saturated carbocycles. The summed E-state index contributed by atoms with van der Waals surface area (Å²) in [4.78, 5) is 16.5. The van der Waals surface area contributed by atoms with Crippen molar-refractivity contribution in [3.63, 3.8) is 0 Å². The molecule has 1 saturated heterocycles. The molecule has 1 aromatic carbocycles. The van der Waals surface area contributed by atoms with Gasteiger partial charge in [0.25, 0.3) is 0 Å². The van der Waals surface area contributed by atoms with Gasteiger partial charge in [-0.05, 0) is 48.0 Å². The van der Waals surface area contributed by atoms with Gasteiger partial charge in [0.15, 0.2) is 11.6 Å². The first-order valence-corrected chi connectivity index (χ1v) is 9.46. The number of amides is 1. The molecule has 29 heavy (non-hydrogen) atoms. The van der Waals surface area contributed by atoms with Crippen LogP contribution in [0.2, 0.25) is 0 Å². The minimum Gasteiger partial charge on any atom is -0.497 e. The van der Waals surface area contributed by atoms with E-state index in [1.165, 1.54) is 0 Å². The molecule has 0 aliphatic carbocycles. The van der Waals surface area contributed by atoms with Gasteiger partial charge < -0.3 is 19.0 Å². The van der Waals surface area contributed by atoms with Crippen LogP contribution in [0.1, 0.15) is 5.56 Å². The van der Waals surface area contributed by atoms with E-state index in [1.54, 1.807) is 19.4 Å². The summed E-state index contributed by atoms with van der Waals surface area (Å²) in [5, 5.41) is 8.55. The zero-order valence-corrected chi connectivity index (χ0v) is 16.2. The molecule has 3 heterocycles. The van der Waals surface area contributed by atoms with Crippen LogP contribution in [-0.2, 0) is 4.79 Å². The summed E-state index contributed by atoms with van der Waals surface area (Å²) in [6.45, 7) is 2.73. The van der Waals surface area contributed by atoms with Gasteiger partial charge in [-0.2, -0.15) is 0 Å². The van der Waals surface area contributed by atoms with Crippen LogP contribution in [0.4, 0.5) is 5.82 Å². The molecule has 0 atom stereocenters. The SMILES string of the molecule is COc1ccc(/C=C/C(=O)N2CCN(c3ccc(-c4ccco4)nn3)CC2)cc1. The van der Waals surface area contributed by atoms with Crippen LogP contribution >= 0.6 is 0 Å². The zero-order chi connectivity index (χ0) is 20.1. The van der Waals surface area contributed by atoms with Gasteiger partial charge in [-0.1, -0.05) is 12.1 Å². The maximum Gasteiger partial charge on any atom is 0.246 e. The molecule has 148 valence electrons. The van der Waals surface area contributed by atoms with Gasteiger partial charge in [0, 0.05) is 32.3 Å². The number of furan rings is 1. The van der Waals surface area contributed by atoms with Crippen molar-refractivity contribution in [3.05, 3.63) is 66.4 Å². The predicted octanol–water partition coefficient (Wildman–Crippen LogP) is 3.11. The van der Waals surface area contributed by atoms with E-state index >= 15 is 0 Å². The number of hydrogen-bond acceptors (Lipinski definition) is 6. The van der Waals surface area contributed by atoms with Crippen molar-refractivity contribution >= 4 is 17.8 Å². The van der Waals surface area contributed by atoms with E-state index in [2.05, 4.69) is 15.1 Å². The van der Waals surface area contributed by atoms with Crippen molar-refractivity contribution in [2.75, 3.05) is 38.2 Å². The number of ether oxygens (including phenoxy) is 1. The molecular weight excluding hydrogens is 368 g/mol. The lowest BCUT2D eigenvalue weighted by atomic mass is 10.2. The Labute approximate surface area is 169 Å². The number of nitrogens with zero attached hydrogens (tertiary/aromatic N) is 4. The summed E-state index contributed by atoms with van der Waals surface area (Å²) in [5.74, 6) is 2.31. The van der Waals surface area contributed by atoms with Gasteiger partial charge in [0.1, 0.15) is 11.4 Å². The van der Waals surface area contributed by atoms with Crippen molar-refractivity contribution < 1.29 is 13.9 Å². The Balaban J connectivity index is 1.31. The summed E-state index contributed by atoms with van der Waals surface area (Å²) >= 11 is 0. The molecule has 0 spiro atoms. The number of piperazine rings is 1. The first kappa shape index (κ1) is 18.7. The highest BCUT2D eigenvalue weighted by Gasteiger charge is 2.21. The number of carbonyl (C=O) groups excluding carboxylic acids is 1. The molecule has 4 rings (SSSR count). The third-order valence-corrected chi connectivity index (χ3v) is 4.87. The number of rotatable bonds is 5. The summed E-state index contributed by atoms with van der Waals surface area (Å²) in [6.07, 6.45) is 5.06. The van der Waals surface area contributed by atoms with E-state index in [9.17, 15) is 4.79 Å². The molecule has 1 fully saturated rings. The topological polar surface area (TPSA) is 71.7 Å². The molecule has 7 heteroatoms. The zero-order valence-electron chi connectivity index (χ0n) is 16.2. The average molecular weight is 390 g/mol. The van der Waals surface area contributed by atoms with Crippen LogP contribution in [0, 0.1) is 0 Å². The highest BCUT2D eigenvalue weighted by Crippen LogP contribution is 2.20. The number of anilines is 1. The smallest absolute Gasteiger partial charge is 0.246 e. The van der Waals surface area contributed by atoms with E-state index < -0.39 is 0 Å². The lowest BCUT2D eigenvalue weighted by molar-refractivity contribution is -0.126. The van der Waals surface area contributed by atoms with Gasteiger partial charge in [-0.15, -0.1) is 10.2 Å². The van der Waals surface area contributed by atoms with Crippen molar-refractivity contribution in [1.82, 2.24) is 15.1 Å². The molecule has 1 amide bonds. The largest absolute Gasteiger partial charge is 0.497 e. The van der Waals surface area contributed by atoms with Crippen LogP contribution in [0.25, 0.3) is 17.5 Å². The summed E-state index contributed by atoms with van der Waals surface area (Å²) in [6, 6.07) is 15.1. The van der Waals surface area contributed by atoms with Gasteiger partial charge >= 0.3 is 0 Å². The first-order chi connectivity index (χ1) is 14.2. The van der Waals surface area contributed by atoms with Crippen LogP contribution in [0.15, 0.2) is 65.3 Å². The second-order valence-electron chi connectivity index (χ2n) is 6.67. The van der Waals surface area contributed by atoms with Gasteiger partial charge in [0.05, 0.1) is 13.4 Å². The molecule has 0 unspecified atom stereocenters. The monoisotopic (exact) mass is 390 g/mol. The molecule has 3 aromatic rings. The standard InChI is InChI=1S/C22H22N4O3/c1-28-18-7-4-17(5-8-18)6-11-22(27)26-14-12-25(13-15-26)21-10-9-19(23-24-21)20-3-2-16-29-20/h2-11,16H,12-15H2,1H3/b11-6+. The molecule has 2 aromatic heterocycles. The van der Waals surface area contributed by atoms with E-state index in [4.69, 9.17) is 9.15 Å². The third-order valence-electron chi connectivity index (χ3n) is 4.87. The molecule has 1 aliphatic rings. The lowest BCUT2D eigenvalue weighted by Gasteiger charge is -2.34. The Morgan fingerprint density at radius 1 is 1.03 bits per heavy atom. The fourth-order valence-corrected chi connectivity index (χ4v) is 3.19. The lowest BCUT2D eigenvalue weighted by Crippen LogP contribution is -2.48. The van der Waals surface area contributed by atoms with E-state index in [1.807, 2.05) is 59.5 Å². The van der Waals surface area contributed by atoms with Crippen molar-refractivity contribution in [2.24, 2.45) is 0 Å². The Kier molecular flexibility index (Phi) is 5.56. The minimum atomic E-state index is 0.0136. The maximum atomic E-state index is 12.5. The normalized spacial score (nSPS) is 14.4. The van der Waals surface area contributed by atoms with Gasteiger partial charge in [-0.25, -0.2) is 0 Å². The second-order valence-corrected chi connectivity index (χ2v) is 6.67. The Hall–Kier alpha value is -3.61. The summed E-state index contributed by atoms with van der Waals surface area (Å²) in [5.41, 5.74) is 1.67. The summed E-state index contributed by atoms with van der Waals surface area (Å²) in [7, 11) is 1.63. The van der Waals surface area contributed by atoms with Gasteiger partial charge in [0.2, 0.25) is 5.91 Å². The highest BCUT2D eigenvalue weighted by molar-refractivity contribution is 5.92. The molecule has 0 N–H and O–H groups in total. The van der Waals surface area contributed by atoms with E-state index in [0.29, 0.717) is 24.5 Å². The maximum absolute atomic E-state index is 12.5. The van der Waals surface area contributed by atoms with Crippen LogP contribution in [0.5, 0.6) is 5.75 Å². The van der Waals surface area contributed by atoms with Crippen LogP contribution in [0.3, 0.4) is 0 Å². The van der Waals surface area contributed by atoms with Gasteiger partial charge in [-0.3, -0.25) is 4.79 Å². The van der Waals surface area contributed by atoms with E-state index in [-0.39, 0.29) is 5.91 Å². The molecule has 0 bridgehead atoms. The number of methoxy groups -OCH3 is 1. The third kappa shape index (κ3) is 4.45. The molecule has 1 aliphatic heterocycles. The Morgan fingerprint density at radius 2 is 1.83 bits per heavy atom. The first-order valence-electron chi connectivity index (χ1n) is 9.46. The van der Waals surface area contributed by atoms with Crippen molar-refractivity contribution in [2.45, 2.75) is 0 Å². The van der Waals surface area contributed by atoms with Crippen LogP contribution < -0.4 is 9.64 Å². The van der Waals surface area contributed by atoms with Crippen molar-refractivity contribution in [1.29, 1.82) is 0 Å². The highest BCUT2D eigenvalue weighted by atomic mass is 16.5. The number of hydrogen-bond donors (Lipinski definition) is 0. The fourth-order valence-electron chi connectivity index (χ4n) is 3.19. The Morgan fingerprint density at radius 3 is 2.45 bits per heavy atom. The average Bonchev–Trinajstić information content (AvgIpc) is 3.33. The predicted molar refractivity (Wildman–Crippen MR) is 111 cm³/mol. The molecule has 0 radical (unpaired) electrons. The number of aromatic nitrogens is 2. The van der Waals surface area contributed by atoms with Crippen molar-refractivity contribution in [3.8, 4) is 17.2 Å². The molecular formula is C22H22N4O3. The Bertz CT molecular complexity index is 958. The summed E-state index contributed by atoms with van der Waals surface area (Å²) < 4.78 is 10.5. The second kappa shape index (κ2) is 8.60. The van der Waals surface area contributed by atoms with Crippen LogP contribution in [-0.4, -0.2) is 54.3 Å². The molecule has 7 nitrogen and oxygen atoms in total. The quantitative estimate of drug-likeness (QED) is 0.624. The fraction of sp³-hybridized carbons (Fsp3) is 0.227. The number of carbonyl (C=O) groups is 1. The van der Waals surface area contributed by atoms with E-state index in [0.717, 1.165) is 30.2 Å².